The van der Waals surface area contributed by atoms with E-state index in [4.69, 9.17) is 4.42 Å². The maximum Gasteiger partial charge on any atom is 0.281 e. The highest BCUT2D eigenvalue weighted by atomic mass is 16.3. The fourth-order valence-electron chi connectivity index (χ4n) is 7.09. The summed E-state index contributed by atoms with van der Waals surface area (Å²) in [6.45, 7) is 29.5. The molecule has 1 aromatic heterocycles. The Kier molecular flexibility index (Phi) is 8.86. The molecule has 1 aliphatic heterocycles. The van der Waals surface area contributed by atoms with E-state index in [1.54, 1.807) is 0 Å². The summed E-state index contributed by atoms with van der Waals surface area (Å²) in [5.41, 5.74) is 12.8. The lowest BCUT2D eigenvalue weighted by atomic mass is 9.40. The van der Waals surface area contributed by atoms with Crippen LogP contribution in [0.15, 0.2) is 88.6 Å². The van der Waals surface area contributed by atoms with Gasteiger partial charge in [-0.2, -0.15) is 0 Å². The summed E-state index contributed by atoms with van der Waals surface area (Å²) in [6.07, 6.45) is 11.1. The Labute approximate surface area is 273 Å². The number of nitrogens with zero attached hydrogens (tertiary/aromatic N) is 1. The van der Waals surface area contributed by atoms with E-state index in [0.717, 1.165) is 29.7 Å². The van der Waals surface area contributed by atoms with E-state index in [1.165, 1.54) is 57.3 Å². The van der Waals surface area contributed by atoms with Gasteiger partial charge in [0, 0.05) is 35.2 Å². The van der Waals surface area contributed by atoms with Gasteiger partial charge in [0.2, 0.25) is 0 Å². The minimum Gasteiger partial charge on any atom is -0.470 e. The van der Waals surface area contributed by atoms with Crippen LogP contribution in [0.4, 0.5) is 5.69 Å². The van der Waals surface area contributed by atoms with Gasteiger partial charge in [-0.05, 0) is 116 Å². The van der Waals surface area contributed by atoms with Crippen molar-refractivity contribution < 1.29 is 4.42 Å². The number of hydrogen-bond donors (Lipinski definition) is 1. The molecule has 0 amide bonds. The summed E-state index contributed by atoms with van der Waals surface area (Å²) in [6, 6.07) is 13.6. The third-order valence-corrected chi connectivity index (χ3v) is 10.0. The van der Waals surface area contributed by atoms with Gasteiger partial charge >= 0.3 is 0 Å². The quantitative estimate of drug-likeness (QED) is 0.205. The van der Waals surface area contributed by atoms with Gasteiger partial charge in [-0.3, -0.25) is 0 Å². The van der Waals surface area contributed by atoms with E-state index >= 15 is 0 Å². The number of nitrogens with one attached hydrogen (secondary N) is 1. The van der Waals surface area contributed by atoms with Crippen molar-refractivity contribution in [2.75, 3.05) is 5.32 Å². The van der Waals surface area contributed by atoms with Crippen molar-refractivity contribution in [1.82, 2.24) is 4.90 Å². The second-order valence-electron chi connectivity index (χ2n) is 16.4. The van der Waals surface area contributed by atoms with Crippen LogP contribution in [0.5, 0.6) is 0 Å². The van der Waals surface area contributed by atoms with Crippen LogP contribution in [0.25, 0.3) is 11.0 Å². The SMILES string of the molecule is C=C(C)CC(Nc1c(C)cccc1C)C1=CN(/C=C/CC(C)(C)C)C(C)=CB1c1cc2cc3c(cc2o1)C(C)(C)CCC3(C)C. The molecule has 3 aromatic rings. The van der Waals surface area contributed by atoms with Gasteiger partial charge in [-0.25, -0.2) is 0 Å². The molecule has 0 bridgehead atoms. The Morgan fingerprint density at radius 1 is 1.02 bits per heavy atom. The Morgan fingerprint density at radius 2 is 1.64 bits per heavy atom. The number of aryl methyl sites for hydroxylation is 2. The summed E-state index contributed by atoms with van der Waals surface area (Å²) in [4.78, 5) is 2.29. The van der Waals surface area contributed by atoms with Crippen LogP contribution in [0.2, 0.25) is 0 Å². The number of para-hydroxylation sites is 1. The Bertz CT molecular complexity index is 1620. The predicted molar refractivity (Wildman–Crippen MR) is 197 cm³/mol. The predicted octanol–water partition coefficient (Wildman–Crippen LogP) is 10.7. The molecule has 2 aromatic carbocycles. The van der Waals surface area contributed by atoms with Gasteiger partial charge in [0.1, 0.15) is 5.58 Å². The van der Waals surface area contributed by atoms with E-state index < -0.39 is 0 Å². The van der Waals surface area contributed by atoms with Gasteiger partial charge < -0.3 is 14.6 Å². The van der Waals surface area contributed by atoms with Crippen LogP contribution in [0.3, 0.4) is 0 Å². The Balaban J connectivity index is 1.63. The minimum absolute atomic E-state index is 0.00360. The third kappa shape index (κ3) is 7.06. The Hall–Kier alpha value is -3.40. The lowest BCUT2D eigenvalue weighted by Gasteiger charge is -2.41. The molecular formula is C41H55BN2O. The molecule has 0 fully saturated rings. The van der Waals surface area contributed by atoms with Crippen LogP contribution in [0, 0.1) is 19.3 Å². The molecule has 0 radical (unpaired) electrons. The van der Waals surface area contributed by atoms with Crippen molar-refractivity contribution in [3.05, 3.63) is 106 Å². The molecule has 5 rings (SSSR count). The van der Waals surface area contributed by atoms with Crippen LogP contribution in [-0.4, -0.2) is 17.7 Å². The first-order chi connectivity index (χ1) is 20.9. The molecule has 4 heteroatoms. The van der Waals surface area contributed by atoms with Gasteiger partial charge in [0.15, 0.2) is 0 Å². The smallest absolute Gasteiger partial charge is 0.281 e. The average Bonchev–Trinajstić information content (AvgIpc) is 3.35. The number of anilines is 1. The van der Waals surface area contributed by atoms with Crippen molar-refractivity contribution in [2.24, 2.45) is 5.41 Å². The van der Waals surface area contributed by atoms with Gasteiger partial charge in [-0.1, -0.05) is 84.3 Å². The highest BCUT2D eigenvalue weighted by Gasteiger charge is 2.38. The zero-order chi connectivity index (χ0) is 32.9. The number of allylic oxidation sites excluding steroid dienone is 2. The summed E-state index contributed by atoms with van der Waals surface area (Å²) in [5, 5.41) is 5.18. The third-order valence-electron chi connectivity index (χ3n) is 10.0. The first kappa shape index (κ1) is 33.0. The topological polar surface area (TPSA) is 28.4 Å². The molecule has 2 heterocycles. The molecule has 1 N–H and O–H groups in total. The van der Waals surface area contributed by atoms with Crippen molar-refractivity contribution >= 4 is 29.0 Å². The van der Waals surface area contributed by atoms with Crippen LogP contribution < -0.4 is 11.0 Å². The molecule has 1 atom stereocenters. The highest BCUT2D eigenvalue weighted by molar-refractivity contribution is 6.83. The second-order valence-corrected chi connectivity index (χ2v) is 16.4. The molecule has 1 unspecified atom stereocenters. The van der Waals surface area contributed by atoms with E-state index in [9.17, 15) is 0 Å². The molecular weight excluding hydrogens is 547 g/mol. The number of furan rings is 1. The van der Waals surface area contributed by atoms with E-state index in [2.05, 4.69) is 154 Å². The van der Waals surface area contributed by atoms with Gasteiger partial charge in [0.25, 0.3) is 6.71 Å². The first-order valence-electron chi connectivity index (χ1n) is 16.9. The monoisotopic (exact) mass is 602 g/mol. The summed E-state index contributed by atoms with van der Waals surface area (Å²) in [5.74, 6) is 2.39. The maximum absolute atomic E-state index is 6.86. The Morgan fingerprint density at radius 3 is 2.24 bits per heavy atom. The lowest BCUT2D eigenvalue weighted by molar-refractivity contribution is 0.332. The van der Waals surface area contributed by atoms with Crippen LogP contribution >= 0.6 is 0 Å². The van der Waals surface area contributed by atoms with Crippen molar-refractivity contribution in [3.8, 4) is 0 Å². The van der Waals surface area contributed by atoms with E-state index in [-0.39, 0.29) is 29.0 Å². The number of benzene rings is 2. The number of rotatable bonds is 8. The van der Waals surface area contributed by atoms with Crippen molar-refractivity contribution in [3.63, 3.8) is 0 Å². The summed E-state index contributed by atoms with van der Waals surface area (Å²) >= 11 is 0. The molecule has 0 saturated heterocycles. The number of fused-ring (bicyclic) bond motifs is 2. The molecule has 45 heavy (non-hydrogen) atoms. The minimum atomic E-state index is 0.00360. The lowest BCUT2D eigenvalue weighted by Crippen LogP contribution is -2.42. The molecule has 0 saturated carbocycles. The van der Waals surface area contributed by atoms with Crippen LogP contribution in [-0.2, 0) is 10.8 Å². The maximum atomic E-state index is 6.86. The van der Waals surface area contributed by atoms with Gasteiger partial charge in [-0.15, -0.1) is 6.58 Å². The zero-order valence-corrected chi connectivity index (χ0v) is 29.8. The standard InChI is InChI=1S/C41H55BN2O/c1-27(2)21-35(43-38-28(3)15-13-16-29(38)4)34-26-44(20-14-17-39(6,7)8)30(5)25-42(34)37-23-31-22-32-33(24-36(31)45-37)41(11,12)19-18-40(32,9)10/h13-16,20,22-26,35,43H,1,17-19,21H2,2-12H3/b20-14+. The molecule has 238 valence electrons. The van der Waals surface area contributed by atoms with Crippen molar-refractivity contribution in [1.29, 1.82) is 0 Å². The van der Waals surface area contributed by atoms with E-state index in [1.807, 2.05) is 0 Å². The molecule has 2 aliphatic rings. The average molecular weight is 603 g/mol. The number of hydrogen-bond acceptors (Lipinski definition) is 3. The van der Waals surface area contributed by atoms with Gasteiger partial charge in [0.05, 0.1) is 5.66 Å². The second kappa shape index (κ2) is 12.1. The molecule has 1 aliphatic carbocycles. The van der Waals surface area contributed by atoms with E-state index in [0.29, 0.717) is 0 Å². The van der Waals surface area contributed by atoms with Crippen LogP contribution in [0.1, 0.15) is 110 Å². The highest BCUT2D eigenvalue weighted by Crippen LogP contribution is 2.47. The first-order valence-corrected chi connectivity index (χ1v) is 16.9. The molecule has 3 nitrogen and oxygen atoms in total. The normalized spacial score (nSPS) is 18.6. The fourth-order valence-corrected chi connectivity index (χ4v) is 7.09. The zero-order valence-electron chi connectivity index (χ0n) is 29.8. The summed E-state index contributed by atoms with van der Waals surface area (Å²) in [7, 11) is 0. The molecule has 0 spiro atoms. The largest absolute Gasteiger partial charge is 0.470 e. The van der Waals surface area contributed by atoms with Crippen molar-refractivity contribution in [2.45, 2.75) is 119 Å². The summed E-state index contributed by atoms with van der Waals surface area (Å²) < 4.78 is 6.86. The fraction of sp³-hybridized carbons (Fsp3) is 0.463.